The Morgan fingerprint density at radius 3 is 2.74 bits per heavy atom. The van der Waals surface area contributed by atoms with Crippen LogP contribution in [0.15, 0.2) is 6.33 Å². The molecule has 0 radical (unpaired) electrons. The number of carboxylic acids is 1. The number of hydrogen-bond acceptors (Lipinski definition) is 4. The van der Waals surface area contributed by atoms with Gasteiger partial charge in [-0.3, -0.25) is 4.79 Å². The van der Waals surface area contributed by atoms with Crippen molar-refractivity contribution in [3.8, 4) is 0 Å². The van der Waals surface area contributed by atoms with E-state index in [1.165, 1.54) is 6.33 Å². The zero-order valence-corrected chi connectivity index (χ0v) is 11.4. The van der Waals surface area contributed by atoms with Crippen molar-refractivity contribution in [1.29, 1.82) is 0 Å². The van der Waals surface area contributed by atoms with Gasteiger partial charge in [-0.2, -0.15) is 0 Å². The first kappa shape index (κ1) is 13.7. The lowest BCUT2D eigenvalue weighted by molar-refractivity contribution is -0.150. The number of carboxylic acid groups (broad SMARTS) is 1. The maximum absolute atomic E-state index is 14.0. The van der Waals surface area contributed by atoms with Gasteiger partial charge in [-0.1, -0.05) is 13.8 Å². The number of aromatic nitrogens is 2. The lowest BCUT2D eigenvalue weighted by atomic mass is 9.76. The van der Waals surface area contributed by atoms with Gasteiger partial charge in [0, 0.05) is 13.1 Å². The molecule has 2 heterocycles. The van der Waals surface area contributed by atoms with E-state index in [4.69, 9.17) is 0 Å². The molecule has 0 bridgehead atoms. The summed E-state index contributed by atoms with van der Waals surface area (Å²) in [6, 6.07) is 0. The molecule has 1 atom stereocenters. The number of anilines is 1. The molecule has 0 aliphatic carbocycles. The molecule has 5 nitrogen and oxygen atoms in total. The smallest absolute Gasteiger partial charge is 0.311 e. The Bertz CT molecular complexity index is 507. The summed E-state index contributed by atoms with van der Waals surface area (Å²) in [4.78, 5) is 21.0. The fraction of sp³-hybridized carbons (Fsp3) is 0.615. The van der Waals surface area contributed by atoms with Crippen molar-refractivity contribution >= 4 is 11.8 Å². The normalized spacial score (nSPS) is 23.1. The maximum atomic E-state index is 14.0. The average Bonchev–Trinajstić information content (AvgIpc) is 2.79. The fourth-order valence-electron chi connectivity index (χ4n) is 2.57. The minimum absolute atomic E-state index is 0.0130. The van der Waals surface area contributed by atoms with Gasteiger partial charge in [-0.05, 0) is 19.3 Å². The SMILES string of the molecule is Cc1ncnc(N2CCC(C(=O)O)(C(C)C)C2)c1F. The van der Waals surface area contributed by atoms with Crippen LogP contribution in [0.5, 0.6) is 0 Å². The molecule has 0 amide bonds. The van der Waals surface area contributed by atoms with Crippen LogP contribution in [-0.2, 0) is 4.79 Å². The van der Waals surface area contributed by atoms with E-state index in [1.807, 2.05) is 13.8 Å². The van der Waals surface area contributed by atoms with Crippen molar-refractivity contribution in [2.24, 2.45) is 11.3 Å². The zero-order chi connectivity index (χ0) is 14.2. The molecule has 6 heteroatoms. The highest BCUT2D eigenvalue weighted by Gasteiger charge is 2.48. The Balaban J connectivity index is 2.31. The molecular formula is C13H18FN3O2. The first-order valence-electron chi connectivity index (χ1n) is 6.34. The van der Waals surface area contributed by atoms with Crippen LogP contribution in [0.25, 0.3) is 0 Å². The molecule has 1 aromatic rings. The molecule has 1 aliphatic heterocycles. The van der Waals surface area contributed by atoms with E-state index in [-0.39, 0.29) is 24.0 Å². The number of aliphatic carboxylic acids is 1. The van der Waals surface area contributed by atoms with Gasteiger partial charge in [0.25, 0.3) is 0 Å². The Hall–Kier alpha value is -1.72. The van der Waals surface area contributed by atoms with E-state index in [0.717, 1.165) is 0 Å². The minimum Gasteiger partial charge on any atom is -0.481 e. The van der Waals surface area contributed by atoms with E-state index in [9.17, 15) is 14.3 Å². The third-order valence-electron chi connectivity index (χ3n) is 4.08. The molecule has 104 valence electrons. The van der Waals surface area contributed by atoms with Crippen molar-refractivity contribution in [3.63, 3.8) is 0 Å². The third kappa shape index (κ3) is 2.15. The molecule has 19 heavy (non-hydrogen) atoms. The molecule has 1 fully saturated rings. The number of carbonyl (C=O) groups is 1. The first-order chi connectivity index (χ1) is 8.88. The Morgan fingerprint density at radius 2 is 2.21 bits per heavy atom. The van der Waals surface area contributed by atoms with Gasteiger partial charge in [-0.15, -0.1) is 0 Å². The van der Waals surface area contributed by atoms with Gasteiger partial charge in [0.1, 0.15) is 6.33 Å². The molecule has 0 saturated carbocycles. The molecule has 1 aliphatic rings. The summed E-state index contributed by atoms with van der Waals surface area (Å²) in [5, 5.41) is 9.47. The van der Waals surface area contributed by atoms with Crippen LogP contribution in [0.3, 0.4) is 0 Å². The number of nitrogens with zero attached hydrogens (tertiary/aromatic N) is 3. The summed E-state index contributed by atoms with van der Waals surface area (Å²) >= 11 is 0. The summed E-state index contributed by atoms with van der Waals surface area (Å²) in [5.41, 5.74) is -0.548. The number of halogens is 1. The molecule has 0 aromatic carbocycles. The van der Waals surface area contributed by atoms with Crippen molar-refractivity contribution < 1.29 is 14.3 Å². The van der Waals surface area contributed by atoms with E-state index in [0.29, 0.717) is 13.0 Å². The van der Waals surface area contributed by atoms with E-state index in [1.54, 1.807) is 11.8 Å². The molecule has 1 N–H and O–H groups in total. The largest absolute Gasteiger partial charge is 0.481 e. The van der Waals surface area contributed by atoms with Crippen LogP contribution in [0.4, 0.5) is 10.2 Å². The van der Waals surface area contributed by atoms with Crippen molar-refractivity contribution in [2.45, 2.75) is 27.2 Å². The second-order valence-electron chi connectivity index (χ2n) is 5.38. The quantitative estimate of drug-likeness (QED) is 0.905. The van der Waals surface area contributed by atoms with Gasteiger partial charge in [0.2, 0.25) is 0 Å². The van der Waals surface area contributed by atoms with E-state index < -0.39 is 17.2 Å². The molecule has 2 rings (SSSR count). The highest BCUT2D eigenvalue weighted by molar-refractivity contribution is 5.77. The summed E-state index contributed by atoms with van der Waals surface area (Å²) in [6.07, 6.45) is 1.81. The number of hydrogen-bond donors (Lipinski definition) is 1. The van der Waals surface area contributed by atoms with Crippen LogP contribution in [0.2, 0.25) is 0 Å². The maximum Gasteiger partial charge on any atom is 0.311 e. The molecular weight excluding hydrogens is 249 g/mol. The van der Waals surface area contributed by atoms with Crippen molar-refractivity contribution in [3.05, 3.63) is 17.8 Å². The average molecular weight is 267 g/mol. The lowest BCUT2D eigenvalue weighted by Crippen LogP contribution is -2.39. The summed E-state index contributed by atoms with van der Waals surface area (Å²) in [6.45, 7) is 6.13. The van der Waals surface area contributed by atoms with Gasteiger partial charge in [0.05, 0.1) is 11.1 Å². The van der Waals surface area contributed by atoms with Crippen LogP contribution >= 0.6 is 0 Å². The second kappa shape index (κ2) is 4.75. The Labute approximate surface area is 111 Å². The predicted octanol–water partition coefficient (Wildman–Crippen LogP) is 1.86. The highest BCUT2D eigenvalue weighted by atomic mass is 19.1. The monoisotopic (exact) mass is 267 g/mol. The van der Waals surface area contributed by atoms with Gasteiger partial charge in [0.15, 0.2) is 11.6 Å². The first-order valence-corrected chi connectivity index (χ1v) is 6.34. The summed E-state index contributed by atoms with van der Waals surface area (Å²) < 4.78 is 14.0. The van der Waals surface area contributed by atoms with Gasteiger partial charge >= 0.3 is 5.97 Å². The second-order valence-corrected chi connectivity index (χ2v) is 5.38. The van der Waals surface area contributed by atoms with Crippen molar-refractivity contribution in [2.75, 3.05) is 18.0 Å². The fourth-order valence-corrected chi connectivity index (χ4v) is 2.57. The lowest BCUT2D eigenvalue weighted by Gasteiger charge is -2.29. The minimum atomic E-state index is -0.828. The van der Waals surface area contributed by atoms with Crippen molar-refractivity contribution in [1.82, 2.24) is 9.97 Å². The Kier molecular flexibility index (Phi) is 3.43. The third-order valence-corrected chi connectivity index (χ3v) is 4.08. The van der Waals surface area contributed by atoms with E-state index in [2.05, 4.69) is 9.97 Å². The standard InChI is InChI=1S/C13H18FN3O2/c1-8(2)13(12(18)19)4-5-17(6-13)11-10(14)9(3)15-7-16-11/h7-8H,4-6H2,1-3H3,(H,18,19). The summed E-state index contributed by atoms with van der Waals surface area (Å²) in [7, 11) is 0. The van der Waals surface area contributed by atoms with Crippen LogP contribution in [-0.4, -0.2) is 34.1 Å². The molecule has 1 unspecified atom stereocenters. The topological polar surface area (TPSA) is 66.3 Å². The predicted molar refractivity (Wildman–Crippen MR) is 68.5 cm³/mol. The highest BCUT2D eigenvalue weighted by Crippen LogP contribution is 2.40. The number of rotatable bonds is 3. The van der Waals surface area contributed by atoms with E-state index >= 15 is 0 Å². The van der Waals surface area contributed by atoms with Crippen LogP contribution < -0.4 is 4.90 Å². The van der Waals surface area contributed by atoms with Gasteiger partial charge in [-0.25, -0.2) is 14.4 Å². The molecule has 0 spiro atoms. The van der Waals surface area contributed by atoms with Gasteiger partial charge < -0.3 is 10.0 Å². The Morgan fingerprint density at radius 1 is 1.53 bits per heavy atom. The molecule has 1 saturated heterocycles. The van der Waals surface area contributed by atoms with Crippen LogP contribution in [0, 0.1) is 24.1 Å². The number of aryl methyl sites for hydroxylation is 1. The van der Waals surface area contributed by atoms with Crippen LogP contribution in [0.1, 0.15) is 26.0 Å². The molecule has 1 aromatic heterocycles. The summed E-state index contributed by atoms with van der Waals surface area (Å²) in [5.74, 6) is -1.10. The zero-order valence-electron chi connectivity index (χ0n) is 11.4.